The number of likely N-dealkylation sites (N-methyl/N-ethyl adjacent to an activating group) is 1. The van der Waals surface area contributed by atoms with E-state index in [2.05, 4.69) is 15.0 Å². The summed E-state index contributed by atoms with van der Waals surface area (Å²) >= 11 is 0. The molecule has 0 heterocycles. The van der Waals surface area contributed by atoms with Gasteiger partial charge in [-0.15, -0.1) is 4.83 Å². The van der Waals surface area contributed by atoms with E-state index < -0.39 is 15.7 Å². The Morgan fingerprint density at radius 3 is 2.35 bits per heavy atom. The van der Waals surface area contributed by atoms with Crippen LogP contribution in [0.2, 0.25) is 0 Å². The van der Waals surface area contributed by atoms with Gasteiger partial charge in [-0.1, -0.05) is 12.2 Å². The average Bonchev–Trinajstić information content (AvgIpc) is 2.41. The molecule has 1 rings (SSSR count). The van der Waals surface area contributed by atoms with Gasteiger partial charge < -0.3 is 10.3 Å². The summed E-state index contributed by atoms with van der Waals surface area (Å²) in [6, 6.07) is 0. The van der Waals surface area contributed by atoms with Crippen molar-refractivity contribution in [2.45, 2.75) is 39.7 Å². The van der Waals surface area contributed by atoms with Crippen molar-refractivity contribution in [2.24, 2.45) is 0 Å². The molecular formula is C15H26N4O3S. The third kappa shape index (κ3) is 6.17. The lowest BCUT2D eigenvalue weighted by Gasteiger charge is -2.24. The zero-order valence-corrected chi connectivity index (χ0v) is 15.3. The third-order valence-electron chi connectivity index (χ3n) is 2.95. The lowest BCUT2D eigenvalue weighted by atomic mass is 9.98. The third-order valence-corrected chi connectivity index (χ3v) is 4.21. The van der Waals surface area contributed by atoms with Gasteiger partial charge in [0.15, 0.2) is 0 Å². The molecule has 1 aliphatic carbocycles. The normalized spacial score (nSPS) is 17.6. The van der Waals surface area contributed by atoms with Gasteiger partial charge in [-0.3, -0.25) is 4.79 Å². The van der Waals surface area contributed by atoms with E-state index in [1.165, 1.54) is 4.90 Å². The molecule has 3 N–H and O–H groups in total. The van der Waals surface area contributed by atoms with Crippen molar-refractivity contribution >= 4 is 16.1 Å². The van der Waals surface area contributed by atoms with Crippen LogP contribution in [0, 0.1) is 0 Å². The molecule has 0 fully saturated rings. The summed E-state index contributed by atoms with van der Waals surface area (Å²) in [5.41, 5.74) is 4.00. The van der Waals surface area contributed by atoms with E-state index in [-0.39, 0.29) is 5.91 Å². The van der Waals surface area contributed by atoms with E-state index in [1.807, 2.05) is 19.1 Å². The molecule has 8 heteroatoms. The molecule has 0 saturated carbocycles. The molecule has 1 amide bonds. The predicted molar refractivity (Wildman–Crippen MR) is 91.3 cm³/mol. The first-order valence-corrected chi connectivity index (χ1v) is 8.78. The van der Waals surface area contributed by atoms with Gasteiger partial charge in [0.1, 0.15) is 0 Å². The smallest absolute Gasteiger partial charge is 0.294 e. The molecule has 0 saturated heterocycles. The minimum Gasteiger partial charge on any atom is -0.345 e. The van der Waals surface area contributed by atoms with Crippen molar-refractivity contribution in [1.29, 1.82) is 0 Å². The topological polar surface area (TPSA) is 90.5 Å². The van der Waals surface area contributed by atoms with Crippen LogP contribution in [0.1, 0.15) is 34.1 Å². The lowest BCUT2D eigenvalue weighted by Crippen LogP contribution is -2.51. The quantitative estimate of drug-likeness (QED) is 0.649. The first-order valence-electron chi connectivity index (χ1n) is 7.30. The van der Waals surface area contributed by atoms with Gasteiger partial charge >= 0.3 is 0 Å². The molecule has 0 aromatic rings. The number of nitrogens with zero attached hydrogens (tertiary/aromatic N) is 1. The standard InChI is InChI=1S/C15H26N4O3S/c1-7-11-8-9-12(14(20)19(5)6)13(10-11)16-18-23(21,22)17-15(2,3)4/h7-9,16-18H,10H2,1-6H3. The summed E-state index contributed by atoms with van der Waals surface area (Å²) in [4.78, 5) is 15.9. The monoisotopic (exact) mass is 342 g/mol. The molecule has 130 valence electrons. The number of carbonyl (C=O) groups is 1. The highest BCUT2D eigenvalue weighted by Gasteiger charge is 2.22. The van der Waals surface area contributed by atoms with Crippen LogP contribution in [0.5, 0.6) is 0 Å². The van der Waals surface area contributed by atoms with E-state index in [9.17, 15) is 13.2 Å². The Morgan fingerprint density at radius 2 is 1.87 bits per heavy atom. The minimum atomic E-state index is -3.75. The van der Waals surface area contributed by atoms with Crippen LogP contribution in [0.15, 0.2) is 35.1 Å². The summed E-state index contributed by atoms with van der Waals surface area (Å²) in [7, 11) is -0.446. The van der Waals surface area contributed by atoms with Crippen LogP contribution in [0.3, 0.4) is 0 Å². The molecule has 23 heavy (non-hydrogen) atoms. The second-order valence-corrected chi connectivity index (χ2v) is 7.96. The first kappa shape index (κ1) is 19.4. The van der Waals surface area contributed by atoms with Crippen molar-refractivity contribution in [3.05, 3.63) is 35.1 Å². The van der Waals surface area contributed by atoms with E-state index in [0.717, 1.165) is 5.57 Å². The summed E-state index contributed by atoms with van der Waals surface area (Å²) in [6.07, 6.45) is 5.90. The van der Waals surface area contributed by atoms with Crippen molar-refractivity contribution in [2.75, 3.05) is 14.1 Å². The molecular weight excluding hydrogens is 316 g/mol. The number of allylic oxidation sites excluding steroid dienone is 3. The van der Waals surface area contributed by atoms with Crippen molar-refractivity contribution < 1.29 is 13.2 Å². The second kappa shape index (κ2) is 7.29. The Kier molecular flexibility index (Phi) is 6.15. The fraction of sp³-hybridized carbons (Fsp3) is 0.533. The van der Waals surface area contributed by atoms with Crippen molar-refractivity contribution in [3.63, 3.8) is 0 Å². The largest absolute Gasteiger partial charge is 0.345 e. The highest BCUT2D eigenvalue weighted by molar-refractivity contribution is 7.87. The number of hydrogen-bond acceptors (Lipinski definition) is 4. The number of amides is 1. The van der Waals surface area contributed by atoms with Gasteiger partial charge in [0.25, 0.3) is 16.1 Å². The molecule has 0 aromatic heterocycles. The zero-order chi connectivity index (χ0) is 17.8. The Labute approximate surface area is 138 Å². The van der Waals surface area contributed by atoms with E-state index >= 15 is 0 Å². The molecule has 0 radical (unpaired) electrons. The Bertz CT molecular complexity index is 653. The zero-order valence-electron chi connectivity index (χ0n) is 14.5. The number of hydrazine groups is 1. The number of nitrogens with one attached hydrogen (secondary N) is 3. The van der Waals surface area contributed by atoms with Gasteiger partial charge in [-0.2, -0.15) is 13.1 Å². The summed E-state index contributed by atoms with van der Waals surface area (Å²) in [5, 5.41) is 0. The summed E-state index contributed by atoms with van der Waals surface area (Å²) in [5.74, 6) is -0.193. The first-order chi connectivity index (χ1) is 10.4. The molecule has 0 bridgehead atoms. The van der Waals surface area contributed by atoms with Crippen molar-refractivity contribution in [3.8, 4) is 0 Å². The van der Waals surface area contributed by atoms with Gasteiger partial charge in [-0.25, -0.2) is 0 Å². The Hall–Kier alpha value is -1.64. The fourth-order valence-corrected chi connectivity index (χ4v) is 3.07. The van der Waals surface area contributed by atoms with Gasteiger partial charge in [0.05, 0.1) is 5.57 Å². The van der Waals surface area contributed by atoms with Crippen LogP contribution in [-0.2, 0) is 15.0 Å². The molecule has 0 aliphatic heterocycles. The highest BCUT2D eigenvalue weighted by Crippen LogP contribution is 2.22. The van der Waals surface area contributed by atoms with Gasteiger partial charge in [0.2, 0.25) is 0 Å². The maximum absolute atomic E-state index is 12.2. The van der Waals surface area contributed by atoms with Crippen LogP contribution in [0.4, 0.5) is 0 Å². The Morgan fingerprint density at radius 1 is 1.26 bits per heavy atom. The second-order valence-electron chi connectivity index (χ2n) is 6.55. The van der Waals surface area contributed by atoms with Crippen LogP contribution in [-0.4, -0.2) is 38.9 Å². The summed E-state index contributed by atoms with van der Waals surface area (Å²) < 4.78 is 26.5. The van der Waals surface area contributed by atoms with Crippen molar-refractivity contribution in [1.82, 2.24) is 19.9 Å². The van der Waals surface area contributed by atoms with E-state index in [4.69, 9.17) is 0 Å². The summed E-state index contributed by atoms with van der Waals surface area (Å²) in [6.45, 7) is 7.12. The highest BCUT2D eigenvalue weighted by atomic mass is 32.2. The van der Waals surface area contributed by atoms with Crippen LogP contribution in [0.25, 0.3) is 0 Å². The molecule has 0 atom stereocenters. The van der Waals surface area contributed by atoms with Crippen LogP contribution < -0.4 is 15.0 Å². The molecule has 7 nitrogen and oxygen atoms in total. The van der Waals surface area contributed by atoms with Gasteiger partial charge in [0, 0.05) is 31.8 Å². The van der Waals surface area contributed by atoms with E-state index in [1.54, 1.807) is 40.9 Å². The minimum absolute atomic E-state index is 0.193. The molecule has 1 aliphatic rings. The number of hydrogen-bond donors (Lipinski definition) is 3. The molecule has 0 spiro atoms. The average molecular weight is 342 g/mol. The maximum atomic E-state index is 12.2. The maximum Gasteiger partial charge on any atom is 0.294 e. The lowest BCUT2D eigenvalue weighted by molar-refractivity contribution is -0.124. The van der Waals surface area contributed by atoms with E-state index in [0.29, 0.717) is 17.7 Å². The van der Waals surface area contributed by atoms with Crippen LogP contribution >= 0.6 is 0 Å². The number of carbonyl (C=O) groups excluding carboxylic acids is 1. The van der Waals surface area contributed by atoms with Gasteiger partial charge in [-0.05, 0) is 39.3 Å². The Balaban J connectivity index is 3.00. The molecule has 0 aromatic carbocycles. The number of rotatable bonds is 5. The predicted octanol–water partition coefficient (Wildman–Crippen LogP) is 0.962. The SMILES string of the molecule is CC=C1C=CC(C(=O)N(C)C)=C(NNS(=O)(=O)NC(C)(C)C)C1. The molecule has 0 unspecified atom stereocenters. The fourth-order valence-electron chi connectivity index (χ4n) is 1.96.